The molecule has 0 spiro atoms. The van der Waals surface area contributed by atoms with Crippen LogP contribution in [0.25, 0.3) is 0 Å². The van der Waals surface area contributed by atoms with Gasteiger partial charge in [0, 0.05) is 24.7 Å². The first-order valence-electron chi connectivity index (χ1n) is 11.1. The number of aromatic nitrogens is 1. The minimum atomic E-state index is -0.746. The SMILES string of the molecule is COC(=O)c1c(Cl)c(C(=O)C(=O)N[C@H]2CC[C@@H](CC(=O)OC(C)(C)C)CC2)n2c1CCC2. The number of amides is 1. The van der Waals surface area contributed by atoms with E-state index in [-0.39, 0.29) is 34.2 Å². The number of methoxy groups -OCH3 is 1. The molecule has 1 amide bonds. The van der Waals surface area contributed by atoms with Gasteiger partial charge in [-0.2, -0.15) is 0 Å². The second-order valence-corrected chi connectivity index (χ2v) is 9.92. The van der Waals surface area contributed by atoms with Crippen LogP contribution in [-0.2, 0) is 32.0 Å². The summed E-state index contributed by atoms with van der Waals surface area (Å²) in [5.41, 5.74) is 0.359. The predicted molar refractivity (Wildman–Crippen MR) is 118 cm³/mol. The third kappa shape index (κ3) is 5.34. The highest BCUT2D eigenvalue weighted by Gasteiger charge is 2.35. The molecule has 0 atom stereocenters. The molecule has 0 saturated heterocycles. The molecule has 1 N–H and O–H groups in total. The number of halogens is 1. The Hall–Kier alpha value is -2.35. The summed E-state index contributed by atoms with van der Waals surface area (Å²) in [6, 6.07) is -0.145. The molecule has 1 aromatic heterocycles. The van der Waals surface area contributed by atoms with Crippen molar-refractivity contribution in [2.45, 2.75) is 83.9 Å². The van der Waals surface area contributed by atoms with Crippen molar-refractivity contribution in [2.75, 3.05) is 7.11 Å². The number of fused-ring (bicyclic) bond motifs is 1. The highest BCUT2D eigenvalue weighted by Crippen LogP contribution is 2.34. The number of carbonyl (C=O) groups is 4. The summed E-state index contributed by atoms with van der Waals surface area (Å²) in [5, 5.41) is 2.79. The Morgan fingerprint density at radius 2 is 1.78 bits per heavy atom. The van der Waals surface area contributed by atoms with Crippen molar-refractivity contribution >= 4 is 35.2 Å². The minimum absolute atomic E-state index is 0.0206. The molecular formula is C23H31ClN2O6. The molecule has 2 aliphatic rings. The fraction of sp³-hybridized carbons (Fsp3) is 0.652. The maximum absolute atomic E-state index is 12.9. The van der Waals surface area contributed by atoms with E-state index >= 15 is 0 Å². The molecule has 1 aliphatic heterocycles. The molecule has 3 rings (SSSR count). The first kappa shape index (κ1) is 24.3. The molecule has 9 heteroatoms. The van der Waals surface area contributed by atoms with Crippen molar-refractivity contribution in [3.05, 3.63) is 22.0 Å². The van der Waals surface area contributed by atoms with Gasteiger partial charge in [-0.3, -0.25) is 14.4 Å². The summed E-state index contributed by atoms with van der Waals surface area (Å²) in [6.45, 7) is 6.05. The lowest BCUT2D eigenvalue weighted by Crippen LogP contribution is -2.42. The average molecular weight is 467 g/mol. The second kappa shape index (κ2) is 9.65. The van der Waals surface area contributed by atoms with E-state index in [0.717, 1.165) is 19.3 Å². The fourth-order valence-electron chi connectivity index (χ4n) is 4.56. The summed E-state index contributed by atoms with van der Waals surface area (Å²) >= 11 is 6.35. The van der Waals surface area contributed by atoms with E-state index in [4.69, 9.17) is 21.1 Å². The third-order valence-electron chi connectivity index (χ3n) is 5.98. The molecule has 0 aromatic carbocycles. The molecule has 176 valence electrons. The van der Waals surface area contributed by atoms with Crippen LogP contribution in [-0.4, -0.2) is 46.9 Å². The van der Waals surface area contributed by atoms with E-state index in [1.54, 1.807) is 4.57 Å². The van der Waals surface area contributed by atoms with Crippen LogP contribution in [0.4, 0.5) is 0 Å². The molecule has 1 saturated carbocycles. The lowest BCUT2D eigenvalue weighted by molar-refractivity contribution is -0.156. The first-order valence-corrected chi connectivity index (χ1v) is 11.5. The number of carbonyl (C=O) groups excluding carboxylic acids is 4. The third-order valence-corrected chi connectivity index (χ3v) is 6.34. The zero-order valence-electron chi connectivity index (χ0n) is 19.1. The topological polar surface area (TPSA) is 104 Å². The molecule has 1 fully saturated rings. The number of hydrogen-bond acceptors (Lipinski definition) is 6. The lowest BCUT2D eigenvalue weighted by atomic mass is 9.84. The average Bonchev–Trinajstić information content (AvgIpc) is 3.26. The molecule has 8 nitrogen and oxygen atoms in total. The Morgan fingerprint density at radius 1 is 1.12 bits per heavy atom. The molecule has 0 radical (unpaired) electrons. The Balaban J connectivity index is 1.59. The van der Waals surface area contributed by atoms with Gasteiger partial charge in [-0.15, -0.1) is 0 Å². The number of rotatable bonds is 6. The van der Waals surface area contributed by atoms with E-state index in [1.165, 1.54) is 7.11 Å². The van der Waals surface area contributed by atoms with Crippen LogP contribution in [0.1, 0.15) is 85.8 Å². The van der Waals surface area contributed by atoms with Gasteiger partial charge >= 0.3 is 11.9 Å². The zero-order chi connectivity index (χ0) is 23.6. The van der Waals surface area contributed by atoms with E-state index in [9.17, 15) is 19.2 Å². The number of nitrogens with one attached hydrogen (secondary N) is 1. The highest BCUT2D eigenvalue weighted by atomic mass is 35.5. The molecule has 1 aliphatic carbocycles. The number of hydrogen-bond donors (Lipinski definition) is 1. The van der Waals surface area contributed by atoms with Crippen LogP contribution < -0.4 is 5.32 Å². The first-order chi connectivity index (χ1) is 15.0. The number of nitrogens with zero attached hydrogens (tertiary/aromatic N) is 1. The van der Waals surface area contributed by atoms with Gasteiger partial charge in [0.2, 0.25) is 0 Å². The summed E-state index contributed by atoms with van der Waals surface area (Å²) in [4.78, 5) is 49.8. The molecule has 2 heterocycles. The predicted octanol–water partition coefficient (Wildman–Crippen LogP) is 3.46. The normalized spacial score (nSPS) is 20.4. The Bertz CT molecular complexity index is 922. The molecule has 32 heavy (non-hydrogen) atoms. The maximum Gasteiger partial charge on any atom is 0.341 e. The molecule has 1 aromatic rings. The van der Waals surface area contributed by atoms with Crippen LogP contribution in [0.2, 0.25) is 5.02 Å². The molecular weight excluding hydrogens is 436 g/mol. The Kier molecular flexibility index (Phi) is 7.32. The van der Waals surface area contributed by atoms with Crippen LogP contribution in [0.15, 0.2) is 0 Å². The number of esters is 2. The fourth-order valence-corrected chi connectivity index (χ4v) is 4.94. The second-order valence-electron chi connectivity index (χ2n) is 9.54. The van der Waals surface area contributed by atoms with Crippen LogP contribution in [0, 0.1) is 5.92 Å². The van der Waals surface area contributed by atoms with Gasteiger partial charge in [0.1, 0.15) is 11.3 Å². The maximum atomic E-state index is 12.9. The van der Waals surface area contributed by atoms with E-state index in [1.807, 2.05) is 20.8 Å². The summed E-state index contributed by atoms with van der Waals surface area (Å²) < 4.78 is 11.8. The number of Topliss-reactive ketones (excluding diaryl/α,β-unsaturated/α-hetero) is 1. The Labute approximate surface area is 192 Å². The quantitative estimate of drug-likeness (QED) is 0.391. The largest absolute Gasteiger partial charge is 0.465 e. The van der Waals surface area contributed by atoms with Gasteiger partial charge in [0.15, 0.2) is 0 Å². The van der Waals surface area contributed by atoms with E-state index < -0.39 is 23.3 Å². The highest BCUT2D eigenvalue weighted by molar-refractivity contribution is 6.47. The molecule has 0 unspecified atom stereocenters. The van der Waals surface area contributed by atoms with Gasteiger partial charge in [0.25, 0.3) is 11.7 Å². The van der Waals surface area contributed by atoms with Crippen molar-refractivity contribution in [1.29, 1.82) is 0 Å². The van der Waals surface area contributed by atoms with Gasteiger partial charge < -0.3 is 19.4 Å². The number of ether oxygens (including phenoxy) is 2. The van der Waals surface area contributed by atoms with Crippen LogP contribution in [0.5, 0.6) is 0 Å². The van der Waals surface area contributed by atoms with Gasteiger partial charge in [-0.05, 0) is 65.2 Å². The summed E-state index contributed by atoms with van der Waals surface area (Å²) in [6.07, 6.45) is 4.62. The summed E-state index contributed by atoms with van der Waals surface area (Å²) in [5.74, 6) is -2.09. The van der Waals surface area contributed by atoms with Gasteiger partial charge in [-0.1, -0.05) is 11.6 Å². The van der Waals surface area contributed by atoms with E-state index in [0.29, 0.717) is 37.9 Å². The van der Waals surface area contributed by atoms with Crippen molar-refractivity contribution in [2.24, 2.45) is 5.92 Å². The van der Waals surface area contributed by atoms with Crippen LogP contribution in [0.3, 0.4) is 0 Å². The number of ketones is 1. The molecule has 0 bridgehead atoms. The monoisotopic (exact) mass is 466 g/mol. The van der Waals surface area contributed by atoms with Crippen molar-refractivity contribution in [3.8, 4) is 0 Å². The Morgan fingerprint density at radius 3 is 2.38 bits per heavy atom. The van der Waals surface area contributed by atoms with E-state index in [2.05, 4.69) is 5.32 Å². The van der Waals surface area contributed by atoms with Crippen molar-refractivity contribution < 1.29 is 28.7 Å². The smallest absolute Gasteiger partial charge is 0.341 e. The van der Waals surface area contributed by atoms with Gasteiger partial charge in [-0.25, -0.2) is 4.79 Å². The van der Waals surface area contributed by atoms with Crippen molar-refractivity contribution in [1.82, 2.24) is 9.88 Å². The van der Waals surface area contributed by atoms with Crippen molar-refractivity contribution in [3.63, 3.8) is 0 Å². The van der Waals surface area contributed by atoms with Gasteiger partial charge in [0.05, 0.1) is 17.7 Å². The lowest BCUT2D eigenvalue weighted by Gasteiger charge is -2.29. The standard InChI is InChI=1S/C23H31ClN2O6/c1-23(2,3)32-16(27)12-13-7-9-14(10-8-13)25-21(29)20(28)19-18(24)17(22(30)31-4)15-6-5-11-26(15)19/h13-14H,5-12H2,1-4H3,(H,25,29)/t13-,14+. The zero-order valence-corrected chi connectivity index (χ0v) is 19.8. The van der Waals surface area contributed by atoms with Crippen LogP contribution >= 0.6 is 11.6 Å². The summed E-state index contributed by atoms with van der Waals surface area (Å²) in [7, 11) is 1.25. The minimum Gasteiger partial charge on any atom is -0.465 e.